The van der Waals surface area contributed by atoms with Crippen molar-refractivity contribution in [2.24, 2.45) is 5.73 Å². The molecule has 0 aliphatic heterocycles. The van der Waals surface area contributed by atoms with Gasteiger partial charge in [0.2, 0.25) is 0 Å². The second kappa shape index (κ2) is 6.21. The van der Waals surface area contributed by atoms with E-state index in [1.807, 2.05) is 5.32 Å². The number of carbonyl (C=O) groups excluding carboxylic acids is 2. The van der Waals surface area contributed by atoms with E-state index in [9.17, 15) is 9.59 Å². The molecule has 0 spiro atoms. The minimum Gasteiger partial charge on any atom is -0.484 e. The molecule has 0 fully saturated rings. The highest BCUT2D eigenvalue weighted by Gasteiger charge is 2.06. The molecule has 1 aromatic carbocycles. The summed E-state index contributed by atoms with van der Waals surface area (Å²) in [6.45, 7) is -0.472. The van der Waals surface area contributed by atoms with Crippen LogP contribution in [0.4, 0.5) is 4.79 Å². The maximum atomic E-state index is 11.1. The van der Waals surface area contributed by atoms with Gasteiger partial charge in [-0.3, -0.25) is 10.1 Å². The Morgan fingerprint density at radius 2 is 2.18 bits per heavy atom. The van der Waals surface area contributed by atoms with Crippen molar-refractivity contribution in [1.82, 2.24) is 5.32 Å². The monoisotopic (exact) mass is 302 g/mol. The number of primary amides is 1. The van der Waals surface area contributed by atoms with Gasteiger partial charge in [-0.2, -0.15) is 0 Å². The van der Waals surface area contributed by atoms with Gasteiger partial charge in [-0.05, 0) is 23.8 Å². The lowest BCUT2D eigenvalue weighted by molar-refractivity contribution is -0.121. The summed E-state index contributed by atoms with van der Waals surface area (Å²) in [6, 6.07) is 3.97. The van der Waals surface area contributed by atoms with Crippen molar-refractivity contribution < 1.29 is 19.4 Å². The minimum atomic E-state index is -0.926. The molecule has 7 heteroatoms. The first-order chi connectivity index (χ1) is 8.02. The molecule has 1 rings (SSSR count). The first-order valence-corrected chi connectivity index (χ1v) is 5.43. The fraction of sp³-hybridized carbons (Fsp3) is 0.200. The zero-order chi connectivity index (χ0) is 12.8. The van der Waals surface area contributed by atoms with Crippen LogP contribution in [0.3, 0.4) is 0 Å². The van der Waals surface area contributed by atoms with E-state index in [2.05, 4.69) is 15.9 Å². The normalized spacial score (nSPS) is 9.76. The molecular formula is C10H11BrN2O4. The molecule has 6 nitrogen and oxygen atoms in total. The molecule has 0 aliphatic rings. The van der Waals surface area contributed by atoms with Gasteiger partial charge in [0, 0.05) is 4.47 Å². The van der Waals surface area contributed by atoms with E-state index in [4.69, 9.17) is 15.6 Å². The number of hydrogen-bond acceptors (Lipinski definition) is 4. The number of ether oxygens (including phenoxy) is 1. The van der Waals surface area contributed by atoms with E-state index in [1.54, 1.807) is 18.2 Å². The molecule has 0 bridgehead atoms. The third-order valence-electron chi connectivity index (χ3n) is 1.82. The molecule has 0 aromatic heterocycles. The summed E-state index contributed by atoms with van der Waals surface area (Å²) in [5, 5.41) is 10.9. The average molecular weight is 303 g/mol. The Labute approximate surface area is 106 Å². The van der Waals surface area contributed by atoms with Crippen molar-refractivity contribution in [3.63, 3.8) is 0 Å². The van der Waals surface area contributed by atoms with Crippen molar-refractivity contribution in [3.05, 3.63) is 28.2 Å². The Bertz CT molecular complexity index is 436. The number of rotatable bonds is 4. The van der Waals surface area contributed by atoms with E-state index in [1.165, 1.54) is 0 Å². The van der Waals surface area contributed by atoms with Crippen LogP contribution in [0.1, 0.15) is 5.56 Å². The topological polar surface area (TPSA) is 102 Å². The summed E-state index contributed by atoms with van der Waals surface area (Å²) in [5.41, 5.74) is 5.40. The van der Waals surface area contributed by atoms with Gasteiger partial charge in [-0.15, -0.1) is 0 Å². The van der Waals surface area contributed by atoms with Crippen LogP contribution in [-0.4, -0.2) is 23.7 Å². The predicted octanol–water partition coefficient (Wildman–Crippen LogP) is 0.515. The van der Waals surface area contributed by atoms with Crippen molar-refractivity contribution in [2.45, 2.75) is 6.61 Å². The van der Waals surface area contributed by atoms with E-state index in [0.29, 0.717) is 11.3 Å². The highest BCUT2D eigenvalue weighted by Crippen LogP contribution is 2.22. The number of nitrogens with two attached hydrogens (primary N) is 1. The quantitative estimate of drug-likeness (QED) is 0.754. The number of aliphatic hydroxyl groups is 1. The highest BCUT2D eigenvalue weighted by atomic mass is 79.9. The maximum Gasteiger partial charge on any atom is 0.318 e. The highest BCUT2D eigenvalue weighted by molar-refractivity contribution is 9.10. The van der Waals surface area contributed by atoms with Gasteiger partial charge in [0.05, 0.1) is 6.61 Å². The van der Waals surface area contributed by atoms with Crippen LogP contribution in [0.2, 0.25) is 0 Å². The molecule has 92 valence electrons. The molecule has 3 amide bonds. The van der Waals surface area contributed by atoms with Crippen LogP contribution in [0.15, 0.2) is 22.7 Å². The Morgan fingerprint density at radius 1 is 1.47 bits per heavy atom. The van der Waals surface area contributed by atoms with Gasteiger partial charge in [-0.25, -0.2) is 4.79 Å². The summed E-state index contributed by atoms with van der Waals surface area (Å²) in [7, 11) is 0. The van der Waals surface area contributed by atoms with Crippen molar-refractivity contribution >= 4 is 27.9 Å². The second-order valence-corrected chi connectivity index (χ2v) is 3.97. The Morgan fingerprint density at radius 3 is 2.76 bits per heavy atom. The van der Waals surface area contributed by atoms with Crippen LogP contribution < -0.4 is 15.8 Å². The lowest BCUT2D eigenvalue weighted by Crippen LogP contribution is -2.38. The zero-order valence-electron chi connectivity index (χ0n) is 8.77. The van der Waals surface area contributed by atoms with E-state index in [0.717, 1.165) is 4.47 Å². The smallest absolute Gasteiger partial charge is 0.318 e. The second-order valence-electron chi connectivity index (χ2n) is 3.11. The minimum absolute atomic E-state index is 0.148. The number of urea groups is 1. The Balaban J connectivity index is 2.57. The lowest BCUT2D eigenvalue weighted by Gasteiger charge is -2.07. The third-order valence-corrected chi connectivity index (χ3v) is 2.59. The fourth-order valence-corrected chi connectivity index (χ4v) is 1.46. The van der Waals surface area contributed by atoms with E-state index < -0.39 is 11.9 Å². The third kappa shape index (κ3) is 4.41. The number of aliphatic hydroxyl groups excluding tert-OH is 1. The van der Waals surface area contributed by atoms with Crippen LogP contribution in [-0.2, 0) is 11.4 Å². The van der Waals surface area contributed by atoms with Gasteiger partial charge in [0.1, 0.15) is 5.75 Å². The first kappa shape index (κ1) is 13.5. The van der Waals surface area contributed by atoms with Crippen LogP contribution in [0.25, 0.3) is 0 Å². The number of halogens is 1. The van der Waals surface area contributed by atoms with Gasteiger partial charge in [0.25, 0.3) is 5.91 Å². The molecule has 0 saturated carbocycles. The zero-order valence-corrected chi connectivity index (χ0v) is 10.4. The molecule has 0 unspecified atom stereocenters. The summed E-state index contributed by atoms with van der Waals surface area (Å²) in [6.07, 6.45) is 0. The van der Waals surface area contributed by atoms with Crippen molar-refractivity contribution in [3.8, 4) is 5.75 Å². The van der Waals surface area contributed by atoms with Gasteiger partial charge in [0.15, 0.2) is 6.61 Å². The predicted molar refractivity (Wildman–Crippen MR) is 63.3 cm³/mol. The van der Waals surface area contributed by atoms with Crippen molar-refractivity contribution in [2.75, 3.05) is 6.61 Å². The molecule has 1 aromatic rings. The number of carbonyl (C=O) groups is 2. The standard InChI is InChI=1S/C10H11BrN2O4/c11-8-2-1-7(3-6(8)4-14)17-5-9(15)13-10(12)16/h1-3,14H,4-5H2,(H3,12,13,15,16). The van der Waals surface area contributed by atoms with Crippen molar-refractivity contribution in [1.29, 1.82) is 0 Å². The molecule has 0 atom stereocenters. The van der Waals surface area contributed by atoms with Crippen LogP contribution >= 0.6 is 15.9 Å². The SMILES string of the molecule is NC(=O)NC(=O)COc1ccc(Br)c(CO)c1. The Hall–Kier alpha value is -1.60. The fourth-order valence-electron chi connectivity index (χ4n) is 1.08. The molecule has 4 N–H and O–H groups in total. The molecule has 17 heavy (non-hydrogen) atoms. The molecule has 0 saturated heterocycles. The van der Waals surface area contributed by atoms with Gasteiger partial charge in [-0.1, -0.05) is 15.9 Å². The lowest BCUT2D eigenvalue weighted by atomic mass is 10.2. The number of benzene rings is 1. The number of amides is 3. The van der Waals surface area contributed by atoms with Crippen LogP contribution in [0, 0.1) is 0 Å². The Kier molecular flexibility index (Phi) is 4.92. The first-order valence-electron chi connectivity index (χ1n) is 4.64. The molecule has 0 heterocycles. The molecular weight excluding hydrogens is 292 g/mol. The summed E-state index contributed by atoms with van der Waals surface area (Å²) >= 11 is 3.25. The maximum absolute atomic E-state index is 11.1. The van der Waals surface area contributed by atoms with Crippen LogP contribution in [0.5, 0.6) is 5.75 Å². The largest absolute Gasteiger partial charge is 0.484 e. The van der Waals surface area contributed by atoms with Gasteiger partial charge < -0.3 is 15.6 Å². The summed E-state index contributed by atoms with van der Waals surface area (Å²) < 4.78 is 5.86. The molecule has 0 radical (unpaired) electrons. The number of imide groups is 1. The summed E-state index contributed by atoms with van der Waals surface area (Å²) in [5.74, 6) is -0.220. The average Bonchev–Trinajstić information content (AvgIpc) is 2.27. The van der Waals surface area contributed by atoms with E-state index in [-0.39, 0.29) is 13.2 Å². The van der Waals surface area contributed by atoms with Gasteiger partial charge >= 0.3 is 6.03 Å². The number of nitrogens with one attached hydrogen (secondary N) is 1. The summed E-state index contributed by atoms with van der Waals surface area (Å²) in [4.78, 5) is 21.4. The molecule has 0 aliphatic carbocycles. The van der Waals surface area contributed by atoms with E-state index >= 15 is 0 Å². The number of hydrogen-bond donors (Lipinski definition) is 3.